The monoisotopic (exact) mass is 252 g/mol. The third-order valence-corrected chi connectivity index (χ3v) is 4.29. The molecule has 0 aliphatic carbocycles. The molecule has 1 amide bonds. The zero-order valence-electron chi connectivity index (χ0n) is 10.3. The van der Waals surface area contributed by atoms with Gasteiger partial charge in [0.15, 0.2) is 0 Å². The number of hydrogen-bond acceptors (Lipinski definition) is 3. The van der Waals surface area contributed by atoms with E-state index >= 15 is 0 Å². The molecule has 94 valence electrons. The molecule has 2 N–H and O–H groups in total. The van der Waals surface area contributed by atoms with Crippen LogP contribution in [0.5, 0.6) is 0 Å². The summed E-state index contributed by atoms with van der Waals surface area (Å²) in [6.07, 6.45) is 4.19. The van der Waals surface area contributed by atoms with Crippen LogP contribution in [0.4, 0.5) is 0 Å². The lowest BCUT2D eigenvalue weighted by Gasteiger charge is -2.33. The van der Waals surface area contributed by atoms with Crippen molar-refractivity contribution >= 4 is 17.2 Å². The standard InChI is InChI=1S/C13H20N2OS/c1-13(7-2-3-8-15-13)12(16)14-9-6-11-5-4-10-17-11/h4-5,10,15H,2-3,6-9H2,1H3,(H,14,16). The molecule has 1 atom stereocenters. The van der Waals surface area contributed by atoms with E-state index in [4.69, 9.17) is 0 Å². The second kappa shape index (κ2) is 5.65. The van der Waals surface area contributed by atoms with Gasteiger partial charge in [0.2, 0.25) is 5.91 Å². The third-order valence-electron chi connectivity index (χ3n) is 3.36. The Hall–Kier alpha value is -0.870. The Kier molecular flexibility index (Phi) is 4.18. The Bertz CT molecular complexity index is 356. The van der Waals surface area contributed by atoms with Crippen LogP contribution in [0.1, 0.15) is 31.1 Å². The second-order valence-corrected chi connectivity index (χ2v) is 5.83. The van der Waals surface area contributed by atoms with E-state index in [0.717, 1.165) is 32.4 Å². The summed E-state index contributed by atoms with van der Waals surface area (Å²) in [6.45, 7) is 3.69. The van der Waals surface area contributed by atoms with Crippen molar-refractivity contribution in [2.24, 2.45) is 0 Å². The SMILES string of the molecule is CC1(C(=O)NCCc2cccs2)CCCCN1. The average molecular weight is 252 g/mol. The molecule has 1 fully saturated rings. The van der Waals surface area contributed by atoms with Gasteiger partial charge in [-0.15, -0.1) is 11.3 Å². The maximum absolute atomic E-state index is 12.1. The Labute approximate surface area is 107 Å². The molecule has 1 saturated heterocycles. The van der Waals surface area contributed by atoms with Crippen molar-refractivity contribution in [2.75, 3.05) is 13.1 Å². The number of hydrogen-bond donors (Lipinski definition) is 2. The van der Waals surface area contributed by atoms with Gasteiger partial charge in [-0.2, -0.15) is 0 Å². The fourth-order valence-corrected chi connectivity index (χ4v) is 2.91. The van der Waals surface area contributed by atoms with Crippen LogP contribution in [-0.4, -0.2) is 24.5 Å². The number of thiophene rings is 1. The highest BCUT2D eigenvalue weighted by atomic mass is 32.1. The molecule has 17 heavy (non-hydrogen) atoms. The molecule has 4 heteroatoms. The molecule has 1 aliphatic rings. The maximum atomic E-state index is 12.1. The predicted molar refractivity (Wildman–Crippen MR) is 71.3 cm³/mol. The first kappa shape index (κ1) is 12.6. The Morgan fingerprint density at radius 2 is 2.47 bits per heavy atom. The van der Waals surface area contributed by atoms with E-state index in [0.29, 0.717) is 0 Å². The molecule has 2 heterocycles. The highest BCUT2D eigenvalue weighted by molar-refractivity contribution is 7.09. The highest BCUT2D eigenvalue weighted by Gasteiger charge is 2.33. The molecular weight excluding hydrogens is 232 g/mol. The molecule has 0 radical (unpaired) electrons. The van der Waals surface area contributed by atoms with Gasteiger partial charge in [-0.05, 0) is 50.6 Å². The lowest BCUT2D eigenvalue weighted by molar-refractivity contribution is -0.127. The molecule has 1 aliphatic heterocycles. The van der Waals surface area contributed by atoms with E-state index in [9.17, 15) is 4.79 Å². The molecule has 2 rings (SSSR count). The van der Waals surface area contributed by atoms with Gasteiger partial charge in [-0.25, -0.2) is 0 Å². The molecule has 1 unspecified atom stereocenters. The summed E-state index contributed by atoms with van der Waals surface area (Å²) < 4.78 is 0. The van der Waals surface area contributed by atoms with Crippen molar-refractivity contribution < 1.29 is 4.79 Å². The largest absolute Gasteiger partial charge is 0.354 e. The highest BCUT2D eigenvalue weighted by Crippen LogP contribution is 2.18. The van der Waals surface area contributed by atoms with Crippen LogP contribution >= 0.6 is 11.3 Å². The first-order valence-electron chi connectivity index (χ1n) is 6.26. The van der Waals surface area contributed by atoms with Crippen molar-refractivity contribution in [1.82, 2.24) is 10.6 Å². The van der Waals surface area contributed by atoms with Crippen LogP contribution in [0.2, 0.25) is 0 Å². The number of piperidine rings is 1. The normalized spacial score (nSPS) is 24.5. The summed E-state index contributed by atoms with van der Waals surface area (Å²) in [5.74, 6) is 0.147. The van der Waals surface area contributed by atoms with Crippen molar-refractivity contribution in [3.8, 4) is 0 Å². The third kappa shape index (κ3) is 3.30. The molecule has 1 aromatic heterocycles. The molecule has 0 spiro atoms. The molecule has 0 aromatic carbocycles. The molecule has 0 bridgehead atoms. The van der Waals surface area contributed by atoms with Crippen molar-refractivity contribution in [1.29, 1.82) is 0 Å². The first-order chi connectivity index (χ1) is 8.21. The fraction of sp³-hybridized carbons (Fsp3) is 0.615. The van der Waals surface area contributed by atoms with Crippen LogP contribution in [0.25, 0.3) is 0 Å². The van der Waals surface area contributed by atoms with E-state index in [1.165, 1.54) is 11.3 Å². The molecule has 0 saturated carbocycles. The van der Waals surface area contributed by atoms with Crippen LogP contribution in [0, 0.1) is 0 Å². The summed E-state index contributed by atoms with van der Waals surface area (Å²) >= 11 is 1.74. The number of nitrogens with one attached hydrogen (secondary N) is 2. The minimum Gasteiger partial charge on any atom is -0.354 e. The van der Waals surface area contributed by atoms with E-state index in [2.05, 4.69) is 22.1 Å². The topological polar surface area (TPSA) is 41.1 Å². The number of carbonyl (C=O) groups excluding carboxylic acids is 1. The van der Waals surface area contributed by atoms with E-state index < -0.39 is 0 Å². The fourth-order valence-electron chi connectivity index (χ4n) is 2.20. The van der Waals surface area contributed by atoms with Gasteiger partial charge in [0.1, 0.15) is 0 Å². The van der Waals surface area contributed by atoms with Gasteiger partial charge >= 0.3 is 0 Å². The zero-order valence-corrected chi connectivity index (χ0v) is 11.1. The summed E-state index contributed by atoms with van der Waals surface area (Å²) in [6, 6.07) is 4.16. The number of amides is 1. The van der Waals surface area contributed by atoms with Gasteiger partial charge in [-0.3, -0.25) is 4.79 Å². The second-order valence-electron chi connectivity index (χ2n) is 4.80. The summed E-state index contributed by atoms with van der Waals surface area (Å²) in [7, 11) is 0. The van der Waals surface area contributed by atoms with E-state index in [-0.39, 0.29) is 11.4 Å². The summed E-state index contributed by atoms with van der Waals surface area (Å²) in [5, 5.41) is 8.44. The van der Waals surface area contributed by atoms with Gasteiger partial charge < -0.3 is 10.6 Å². The summed E-state index contributed by atoms with van der Waals surface area (Å²) in [4.78, 5) is 13.4. The lowest BCUT2D eigenvalue weighted by atomic mass is 9.90. The molecule has 3 nitrogen and oxygen atoms in total. The predicted octanol–water partition coefficient (Wildman–Crippen LogP) is 1.94. The minimum atomic E-state index is -0.353. The molecular formula is C13H20N2OS. The quantitative estimate of drug-likeness (QED) is 0.860. The number of carbonyl (C=O) groups is 1. The van der Waals surface area contributed by atoms with Crippen molar-refractivity contribution in [3.05, 3.63) is 22.4 Å². The summed E-state index contributed by atoms with van der Waals surface area (Å²) in [5.41, 5.74) is -0.353. The first-order valence-corrected chi connectivity index (χ1v) is 7.14. The Balaban J connectivity index is 1.76. The van der Waals surface area contributed by atoms with Crippen LogP contribution in [0.15, 0.2) is 17.5 Å². The maximum Gasteiger partial charge on any atom is 0.240 e. The van der Waals surface area contributed by atoms with Crippen molar-refractivity contribution in [2.45, 2.75) is 38.1 Å². The smallest absolute Gasteiger partial charge is 0.240 e. The van der Waals surface area contributed by atoms with Gasteiger partial charge in [0.05, 0.1) is 5.54 Å². The van der Waals surface area contributed by atoms with Gasteiger partial charge in [-0.1, -0.05) is 6.07 Å². The van der Waals surface area contributed by atoms with Crippen LogP contribution in [0.3, 0.4) is 0 Å². The average Bonchev–Trinajstić information content (AvgIpc) is 2.83. The lowest BCUT2D eigenvalue weighted by Crippen LogP contribution is -2.57. The number of rotatable bonds is 4. The van der Waals surface area contributed by atoms with Crippen LogP contribution < -0.4 is 10.6 Å². The van der Waals surface area contributed by atoms with E-state index in [1.807, 2.05) is 13.0 Å². The van der Waals surface area contributed by atoms with Crippen molar-refractivity contribution in [3.63, 3.8) is 0 Å². The van der Waals surface area contributed by atoms with Crippen LogP contribution in [-0.2, 0) is 11.2 Å². The van der Waals surface area contributed by atoms with Gasteiger partial charge in [0.25, 0.3) is 0 Å². The zero-order chi connectivity index (χ0) is 12.1. The Morgan fingerprint density at radius 3 is 3.12 bits per heavy atom. The minimum absolute atomic E-state index is 0.147. The van der Waals surface area contributed by atoms with Gasteiger partial charge in [0, 0.05) is 11.4 Å². The Morgan fingerprint density at radius 1 is 1.59 bits per heavy atom. The van der Waals surface area contributed by atoms with E-state index in [1.54, 1.807) is 11.3 Å². The molecule has 1 aromatic rings.